The molecule has 0 aliphatic carbocycles. The van der Waals surface area contributed by atoms with Gasteiger partial charge in [-0.2, -0.15) is 0 Å². The lowest BCUT2D eigenvalue weighted by atomic mass is 10.2. The van der Waals surface area contributed by atoms with E-state index in [9.17, 15) is 18.8 Å². The van der Waals surface area contributed by atoms with Crippen LogP contribution in [0.5, 0.6) is 0 Å². The summed E-state index contributed by atoms with van der Waals surface area (Å²) in [6.45, 7) is 1.12. The molecule has 0 spiro atoms. The van der Waals surface area contributed by atoms with Gasteiger partial charge in [-0.1, -0.05) is 0 Å². The molecule has 0 bridgehead atoms. The number of carbonyl (C=O) groups excluding carboxylic acids is 3. The van der Waals surface area contributed by atoms with Crippen molar-refractivity contribution in [3.63, 3.8) is 0 Å². The molecule has 90 valence electrons. The standard InChI is InChI=1S/C10H14FNO4/c1-6(13)3-9(14)12-5-7(11)4-8(12)10(15)16-2/h7-8H,3-5H2,1-2H3/t7-,8+/m1/s1. The maximum absolute atomic E-state index is 13.1. The van der Waals surface area contributed by atoms with Gasteiger partial charge in [-0.15, -0.1) is 0 Å². The van der Waals surface area contributed by atoms with Crippen LogP contribution in [0.4, 0.5) is 4.39 Å². The highest BCUT2D eigenvalue weighted by Gasteiger charge is 2.40. The van der Waals surface area contributed by atoms with Crippen molar-refractivity contribution in [2.75, 3.05) is 13.7 Å². The van der Waals surface area contributed by atoms with Crippen molar-refractivity contribution in [1.29, 1.82) is 0 Å². The molecule has 5 nitrogen and oxygen atoms in total. The summed E-state index contributed by atoms with van der Waals surface area (Å²) < 4.78 is 17.6. The summed E-state index contributed by atoms with van der Waals surface area (Å²) in [6.07, 6.45) is -1.60. The molecule has 2 atom stereocenters. The molecule has 1 fully saturated rings. The fourth-order valence-corrected chi connectivity index (χ4v) is 1.73. The Morgan fingerprint density at radius 2 is 2.06 bits per heavy atom. The predicted molar refractivity (Wildman–Crippen MR) is 52.3 cm³/mol. The number of alkyl halides is 1. The van der Waals surface area contributed by atoms with E-state index >= 15 is 0 Å². The lowest BCUT2D eigenvalue weighted by molar-refractivity contribution is -0.151. The zero-order valence-electron chi connectivity index (χ0n) is 9.23. The SMILES string of the molecule is COC(=O)[C@@H]1C[C@@H](F)CN1C(=O)CC(C)=O. The number of hydrogen-bond acceptors (Lipinski definition) is 4. The van der Waals surface area contributed by atoms with E-state index in [1.807, 2.05) is 0 Å². The molecule has 0 radical (unpaired) electrons. The van der Waals surface area contributed by atoms with Crippen LogP contribution in [0.2, 0.25) is 0 Å². The maximum Gasteiger partial charge on any atom is 0.328 e. The number of nitrogens with zero attached hydrogens (tertiary/aromatic N) is 1. The van der Waals surface area contributed by atoms with Gasteiger partial charge in [0.25, 0.3) is 0 Å². The van der Waals surface area contributed by atoms with Crippen molar-refractivity contribution < 1.29 is 23.5 Å². The Hall–Kier alpha value is -1.46. The number of halogens is 1. The Labute approximate surface area is 92.5 Å². The van der Waals surface area contributed by atoms with Crippen molar-refractivity contribution in [1.82, 2.24) is 4.90 Å². The monoisotopic (exact) mass is 231 g/mol. The van der Waals surface area contributed by atoms with Gasteiger partial charge in [0, 0.05) is 6.42 Å². The minimum Gasteiger partial charge on any atom is -0.467 e. The molecular weight excluding hydrogens is 217 g/mol. The van der Waals surface area contributed by atoms with Crippen LogP contribution in [-0.2, 0) is 19.1 Å². The van der Waals surface area contributed by atoms with Crippen molar-refractivity contribution in [3.05, 3.63) is 0 Å². The number of amides is 1. The zero-order valence-corrected chi connectivity index (χ0v) is 9.23. The van der Waals surface area contributed by atoms with Gasteiger partial charge in [0.05, 0.1) is 20.1 Å². The molecule has 1 aliphatic heterocycles. The topological polar surface area (TPSA) is 63.7 Å². The van der Waals surface area contributed by atoms with Crippen molar-refractivity contribution in [2.24, 2.45) is 0 Å². The van der Waals surface area contributed by atoms with Gasteiger partial charge in [0.15, 0.2) is 0 Å². The number of ketones is 1. The second-order valence-electron chi connectivity index (χ2n) is 3.80. The molecule has 6 heteroatoms. The summed E-state index contributed by atoms with van der Waals surface area (Å²) in [4.78, 5) is 34.7. The number of methoxy groups -OCH3 is 1. The number of carbonyl (C=O) groups is 3. The van der Waals surface area contributed by atoms with Gasteiger partial charge >= 0.3 is 5.97 Å². The average molecular weight is 231 g/mol. The number of likely N-dealkylation sites (tertiary alicyclic amines) is 1. The van der Waals surface area contributed by atoms with Gasteiger partial charge in [-0.3, -0.25) is 9.59 Å². The zero-order chi connectivity index (χ0) is 12.3. The Morgan fingerprint density at radius 3 is 2.56 bits per heavy atom. The number of rotatable bonds is 3. The Balaban J connectivity index is 2.72. The molecule has 1 rings (SSSR count). The minimum atomic E-state index is -1.24. The van der Waals surface area contributed by atoms with Crippen LogP contribution in [0.15, 0.2) is 0 Å². The van der Waals surface area contributed by atoms with E-state index in [1.54, 1.807) is 0 Å². The molecule has 1 saturated heterocycles. The molecule has 0 saturated carbocycles. The van der Waals surface area contributed by atoms with E-state index in [0.29, 0.717) is 0 Å². The third-order valence-corrected chi connectivity index (χ3v) is 2.44. The summed E-state index contributed by atoms with van der Waals surface area (Å²) in [6, 6.07) is -0.896. The first-order chi connectivity index (χ1) is 7.45. The number of hydrogen-bond donors (Lipinski definition) is 0. The fraction of sp³-hybridized carbons (Fsp3) is 0.700. The first-order valence-electron chi connectivity index (χ1n) is 4.96. The third-order valence-electron chi connectivity index (χ3n) is 2.44. The summed E-state index contributed by atoms with van der Waals surface area (Å²) in [5, 5.41) is 0. The van der Waals surface area contributed by atoms with Crippen LogP contribution in [0.25, 0.3) is 0 Å². The van der Waals surface area contributed by atoms with Gasteiger partial charge in [-0.25, -0.2) is 9.18 Å². The quantitative estimate of drug-likeness (QED) is 0.509. The Kier molecular flexibility index (Phi) is 3.98. The first kappa shape index (κ1) is 12.6. The van der Waals surface area contributed by atoms with Crippen molar-refractivity contribution in [3.8, 4) is 0 Å². The van der Waals surface area contributed by atoms with Crippen LogP contribution < -0.4 is 0 Å². The Bertz CT molecular complexity index is 318. The summed E-state index contributed by atoms with van der Waals surface area (Å²) in [5.41, 5.74) is 0. The maximum atomic E-state index is 13.1. The van der Waals surface area contributed by atoms with E-state index in [4.69, 9.17) is 0 Å². The summed E-state index contributed by atoms with van der Waals surface area (Å²) in [5.74, 6) is -1.48. The number of esters is 1. The molecule has 0 N–H and O–H groups in total. The van der Waals surface area contributed by atoms with Gasteiger partial charge < -0.3 is 9.64 Å². The second-order valence-corrected chi connectivity index (χ2v) is 3.80. The highest BCUT2D eigenvalue weighted by Crippen LogP contribution is 2.22. The molecule has 0 aromatic rings. The lowest BCUT2D eigenvalue weighted by Crippen LogP contribution is -2.41. The van der Waals surface area contributed by atoms with Gasteiger partial charge in [0.1, 0.15) is 18.0 Å². The van der Waals surface area contributed by atoms with Crippen molar-refractivity contribution in [2.45, 2.75) is 32.0 Å². The molecule has 16 heavy (non-hydrogen) atoms. The minimum absolute atomic E-state index is 0.0592. The van der Waals surface area contributed by atoms with Crippen LogP contribution in [-0.4, -0.2) is 48.4 Å². The molecule has 0 unspecified atom stereocenters. The van der Waals surface area contributed by atoms with Crippen LogP contribution in [0.3, 0.4) is 0 Å². The van der Waals surface area contributed by atoms with Gasteiger partial charge in [-0.05, 0) is 6.92 Å². The molecular formula is C10H14FNO4. The molecule has 1 amide bonds. The first-order valence-corrected chi connectivity index (χ1v) is 4.96. The fourth-order valence-electron chi connectivity index (χ4n) is 1.73. The van der Waals surface area contributed by atoms with E-state index < -0.39 is 24.1 Å². The smallest absolute Gasteiger partial charge is 0.328 e. The Morgan fingerprint density at radius 1 is 1.44 bits per heavy atom. The normalized spacial score (nSPS) is 24.3. The molecule has 1 aliphatic rings. The van der Waals surface area contributed by atoms with E-state index in [1.165, 1.54) is 14.0 Å². The number of ether oxygens (including phenoxy) is 1. The average Bonchev–Trinajstić information content (AvgIpc) is 2.58. The van der Waals surface area contributed by atoms with Crippen LogP contribution >= 0.6 is 0 Å². The summed E-state index contributed by atoms with van der Waals surface area (Å²) in [7, 11) is 1.18. The summed E-state index contributed by atoms with van der Waals surface area (Å²) >= 11 is 0. The van der Waals surface area contributed by atoms with E-state index in [2.05, 4.69) is 4.74 Å². The molecule has 1 heterocycles. The van der Waals surface area contributed by atoms with Crippen LogP contribution in [0, 0.1) is 0 Å². The highest BCUT2D eigenvalue weighted by atomic mass is 19.1. The second kappa shape index (κ2) is 5.05. The largest absolute Gasteiger partial charge is 0.467 e. The van der Waals surface area contributed by atoms with Crippen molar-refractivity contribution >= 4 is 17.7 Å². The molecule has 0 aromatic carbocycles. The highest BCUT2D eigenvalue weighted by molar-refractivity contribution is 5.98. The van der Waals surface area contributed by atoms with Crippen LogP contribution in [0.1, 0.15) is 19.8 Å². The third kappa shape index (κ3) is 2.77. The van der Waals surface area contributed by atoms with E-state index in [-0.39, 0.29) is 25.2 Å². The van der Waals surface area contributed by atoms with Gasteiger partial charge in [0.2, 0.25) is 5.91 Å². The van der Waals surface area contributed by atoms with E-state index in [0.717, 1.165) is 4.90 Å². The number of Topliss-reactive ketones (excluding diaryl/α,β-unsaturated/α-hetero) is 1. The lowest BCUT2D eigenvalue weighted by Gasteiger charge is -2.21. The predicted octanol–water partition coefficient (Wildman–Crippen LogP) is 0.0775. The molecule has 0 aromatic heterocycles.